The Morgan fingerprint density at radius 3 is 1.55 bits per heavy atom. The Morgan fingerprint density at radius 1 is 0.617 bits per heavy atom. The molecular weight excluding hydrogens is 749 g/mol. The number of hydrogen-bond acceptors (Lipinski definition) is 10. The highest BCUT2D eigenvalue weighted by atomic mass is 16.5. The first-order chi connectivity index (χ1) is 29.5. The van der Waals surface area contributed by atoms with Crippen molar-refractivity contribution in [1.82, 2.24) is 29.7 Å². The SMILES string of the molecule is CC[C@H]1CN2CC[C@H]1C[C@@H]2[C@@H](Oc1cc(O[C@@H](c2ccnc3ccc(OC)cc23)[C@H]2C[C@@H]3CCN2C[C@@H]3CC)nc(-c2ccccc2)n1)c1ccnc2ccc(OC)cc12. The number of rotatable bonds is 13. The van der Waals surface area contributed by atoms with Gasteiger partial charge in [0.05, 0.1) is 43.4 Å². The zero-order valence-corrected chi connectivity index (χ0v) is 35.2. The second kappa shape index (κ2) is 16.6. The summed E-state index contributed by atoms with van der Waals surface area (Å²) in [6, 6.07) is 28.9. The van der Waals surface area contributed by atoms with Crippen LogP contribution in [0.15, 0.2) is 97.3 Å². The molecule has 310 valence electrons. The van der Waals surface area contributed by atoms with Crippen LogP contribution in [0.25, 0.3) is 33.2 Å². The average molecular weight is 805 g/mol. The number of piperidine rings is 6. The van der Waals surface area contributed by atoms with Crippen molar-refractivity contribution in [3.63, 3.8) is 0 Å². The summed E-state index contributed by atoms with van der Waals surface area (Å²) >= 11 is 0. The fourth-order valence-electron chi connectivity index (χ4n) is 11.2. The number of methoxy groups -OCH3 is 2. The molecule has 10 nitrogen and oxygen atoms in total. The number of benzene rings is 3. The summed E-state index contributed by atoms with van der Waals surface area (Å²) < 4.78 is 26.2. The third kappa shape index (κ3) is 7.32. The molecule has 3 aromatic carbocycles. The molecular formula is C50H56N6O4. The molecule has 6 saturated heterocycles. The summed E-state index contributed by atoms with van der Waals surface area (Å²) in [5.74, 6) is 5.85. The Balaban J connectivity index is 1.10. The maximum absolute atomic E-state index is 7.38. The molecule has 6 aliphatic heterocycles. The Labute approximate surface area is 353 Å². The molecule has 0 radical (unpaired) electrons. The molecule has 6 fully saturated rings. The molecule has 60 heavy (non-hydrogen) atoms. The predicted octanol–water partition coefficient (Wildman–Crippen LogP) is 9.74. The van der Waals surface area contributed by atoms with Gasteiger partial charge in [0.15, 0.2) is 5.82 Å². The van der Waals surface area contributed by atoms with Crippen LogP contribution in [0.5, 0.6) is 23.3 Å². The number of hydrogen-bond donors (Lipinski definition) is 0. The van der Waals surface area contributed by atoms with E-state index in [9.17, 15) is 0 Å². The fraction of sp³-hybridized carbons (Fsp3) is 0.440. The molecule has 6 aromatic rings. The summed E-state index contributed by atoms with van der Waals surface area (Å²) in [4.78, 5) is 25.2. The highest BCUT2D eigenvalue weighted by molar-refractivity contribution is 5.85. The van der Waals surface area contributed by atoms with Crippen LogP contribution in [0.4, 0.5) is 0 Å². The standard InChI is InChI=1S/C50H56N6O4/c1-5-31-29-55-22-18-34(31)24-44(55)48(38-16-20-51-42-14-12-36(57-3)26-40(38)42)59-46-28-47(54-50(53-46)33-10-8-7-9-11-33)60-49(45-25-35-19-23-56(45)30-32(35)6-2)39-17-21-52-43-15-13-37(58-4)27-41(39)43/h7-17,20-21,26-28,31-32,34-35,44-45,48-49H,5-6,18-19,22-25,29-30H2,1-4H3/t31-,32-,34-,35-,44+,45+,48-,49-/m0/s1. The molecule has 10 heteroatoms. The van der Waals surface area contributed by atoms with Crippen LogP contribution >= 0.6 is 0 Å². The van der Waals surface area contributed by atoms with Gasteiger partial charge in [-0.2, -0.15) is 9.97 Å². The van der Waals surface area contributed by atoms with Crippen molar-refractivity contribution >= 4 is 21.8 Å². The zero-order chi connectivity index (χ0) is 40.7. The van der Waals surface area contributed by atoms with E-state index in [1.165, 1.54) is 25.7 Å². The maximum Gasteiger partial charge on any atom is 0.221 e. The Hall–Kier alpha value is -5.32. The Bertz CT molecular complexity index is 2320. The molecule has 0 aliphatic carbocycles. The first-order valence-electron chi connectivity index (χ1n) is 22.1. The second-order valence-corrected chi connectivity index (χ2v) is 17.4. The molecule has 0 N–H and O–H groups in total. The summed E-state index contributed by atoms with van der Waals surface area (Å²) in [5.41, 5.74) is 4.88. The van der Waals surface area contributed by atoms with E-state index >= 15 is 0 Å². The van der Waals surface area contributed by atoms with Crippen molar-refractivity contribution in [2.75, 3.05) is 40.4 Å². The number of aromatic nitrogens is 4. The summed E-state index contributed by atoms with van der Waals surface area (Å²) in [6.45, 7) is 8.96. The number of ether oxygens (including phenoxy) is 4. The lowest BCUT2D eigenvalue weighted by Crippen LogP contribution is -2.56. The Kier molecular flexibility index (Phi) is 10.8. The van der Waals surface area contributed by atoms with Crippen LogP contribution in [0.3, 0.4) is 0 Å². The van der Waals surface area contributed by atoms with Gasteiger partial charge < -0.3 is 18.9 Å². The average Bonchev–Trinajstić information content (AvgIpc) is 3.32. The van der Waals surface area contributed by atoms with Gasteiger partial charge in [-0.1, -0.05) is 57.0 Å². The molecule has 0 amide bonds. The molecule has 4 bridgehead atoms. The van der Waals surface area contributed by atoms with E-state index in [1.54, 1.807) is 14.2 Å². The van der Waals surface area contributed by atoms with E-state index in [4.69, 9.17) is 38.9 Å². The van der Waals surface area contributed by atoms with Crippen LogP contribution in [-0.2, 0) is 0 Å². The number of fused-ring (bicyclic) bond motifs is 8. The second-order valence-electron chi connectivity index (χ2n) is 17.4. The highest BCUT2D eigenvalue weighted by Gasteiger charge is 2.46. The monoisotopic (exact) mass is 804 g/mol. The third-order valence-electron chi connectivity index (χ3n) is 14.4. The van der Waals surface area contributed by atoms with E-state index < -0.39 is 0 Å². The highest BCUT2D eigenvalue weighted by Crippen LogP contribution is 2.47. The van der Waals surface area contributed by atoms with Crippen LogP contribution in [0, 0.1) is 23.7 Å². The first-order valence-corrected chi connectivity index (χ1v) is 22.1. The molecule has 3 aromatic heterocycles. The van der Waals surface area contributed by atoms with Crippen molar-refractivity contribution in [2.24, 2.45) is 23.7 Å². The van der Waals surface area contributed by atoms with Gasteiger partial charge in [0, 0.05) is 52.9 Å². The van der Waals surface area contributed by atoms with E-state index in [2.05, 4.69) is 60.0 Å². The van der Waals surface area contributed by atoms with Gasteiger partial charge in [0.2, 0.25) is 11.8 Å². The van der Waals surface area contributed by atoms with Crippen LogP contribution < -0.4 is 18.9 Å². The fourth-order valence-corrected chi connectivity index (χ4v) is 11.2. The van der Waals surface area contributed by atoms with E-state index in [0.29, 0.717) is 41.3 Å². The summed E-state index contributed by atoms with van der Waals surface area (Å²) in [5, 5.41) is 2.05. The van der Waals surface area contributed by atoms with Crippen molar-refractivity contribution < 1.29 is 18.9 Å². The quantitative estimate of drug-likeness (QED) is 0.112. The molecule has 9 heterocycles. The summed E-state index contributed by atoms with van der Waals surface area (Å²) in [6.07, 6.45) is 10.1. The minimum Gasteiger partial charge on any atom is -0.497 e. The van der Waals surface area contributed by atoms with Crippen LogP contribution in [0.1, 0.15) is 75.7 Å². The zero-order valence-electron chi connectivity index (χ0n) is 35.2. The normalized spacial score (nSPS) is 26.8. The first kappa shape index (κ1) is 38.9. The largest absolute Gasteiger partial charge is 0.497 e. The van der Waals surface area contributed by atoms with Crippen molar-refractivity contribution in [3.8, 4) is 34.6 Å². The minimum absolute atomic E-state index is 0.158. The Morgan fingerprint density at radius 2 is 1.12 bits per heavy atom. The maximum atomic E-state index is 7.38. The molecule has 0 spiro atoms. The van der Waals surface area contributed by atoms with E-state index in [-0.39, 0.29) is 24.3 Å². The van der Waals surface area contributed by atoms with Crippen LogP contribution in [0.2, 0.25) is 0 Å². The van der Waals surface area contributed by atoms with Crippen molar-refractivity contribution in [2.45, 2.75) is 76.7 Å². The lowest BCUT2D eigenvalue weighted by molar-refractivity contribution is -0.0513. The lowest BCUT2D eigenvalue weighted by atomic mass is 9.72. The summed E-state index contributed by atoms with van der Waals surface area (Å²) in [7, 11) is 3.43. The third-order valence-corrected chi connectivity index (χ3v) is 14.4. The molecule has 10 atom stereocenters. The van der Waals surface area contributed by atoms with Gasteiger partial charge in [0.25, 0.3) is 0 Å². The van der Waals surface area contributed by atoms with Gasteiger partial charge in [-0.3, -0.25) is 19.8 Å². The van der Waals surface area contributed by atoms with Gasteiger partial charge in [-0.25, -0.2) is 0 Å². The van der Waals surface area contributed by atoms with Gasteiger partial charge >= 0.3 is 0 Å². The molecule has 12 rings (SSSR count). The topological polar surface area (TPSA) is 95.0 Å². The van der Waals surface area contributed by atoms with Crippen molar-refractivity contribution in [3.05, 3.63) is 108 Å². The smallest absolute Gasteiger partial charge is 0.221 e. The van der Waals surface area contributed by atoms with E-state index in [0.717, 1.165) is 89.0 Å². The minimum atomic E-state index is -0.326. The number of pyridine rings is 2. The van der Waals surface area contributed by atoms with Gasteiger partial charge in [-0.15, -0.1) is 0 Å². The lowest BCUT2D eigenvalue weighted by Gasteiger charge is -2.52. The number of nitrogens with zero attached hydrogens (tertiary/aromatic N) is 6. The van der Waals surface area contributed by atoms with Crippen molar-refractivity contribution in [1.29, 1.82) is 0 Å². The van der Waals surface area contributed by atoms with Gasteiger partial charge in [0.1, 0.15) is 23.7 Å². The predicted molar refractivity (Wildman–Crippen MR) is 235 cm³/mol. The van der Waals surface area contributed by atoms with E-state index in [1.807, 2.05) is 60.9 Å². The molecule has 2 unspecified atom stereocenters. The van der Waals surface area contributed by atoms with Crippen LogP contribution in [-0.4, -0.2) is 82.2 Å². The van der Waals surface area contributed by atoms with Gasteiger partial charge in [-0.05, 0) is 111 Å². The molecule has 6 aliphatic rings. The molecule has 0 saturated carbocycles.